The van der Waals surface area contributed by atoms with E-state index in [4.69, 9.17) is 4.84 Å². The van der Waals surface area contributed by atoms with Gasteiger partial charge in [-0.3, -0.25) is 9.59 Å². The summed E-state index contributed by atoms with van der Waals surface area (Å²) in [6.07, 6.45) is 1.88. The van der Waals surface area contributed by atoms with Crippen LogP contribution in [0.15, 0.2) is 35.5 Å². The summed E-state index contributed by atoms with van der Waals surface area (Å²) < 4.78 is 28.4. The molecule has 10 nitrogen and oxygen atoms in total. The number of rotatable bonds is 4. The van der Waals surface area contributed by atoms with E-state index in [2.05, 4.69) is 4.98 Å². The van der Waals surface area contributed by atoms with Gasteiger partial charge in [0.05, 0.1) is 17.0 Å². The molecule has 1 aromatic heterocycles. The number of sulfonamides is 1. The van der Waals surface area contributed by atoms with Crippen molar-refractivity contribution in [2.45, 2.75) is 24.8 Å². The van der Waals surface area contributed by atoms with E-state index in [9.17, 15) is 22.8 Å². The number of benzene rings is 1. The van der Waals surface area contributed by atoms with Gasteiger partial charge in [-0.15, -0.1) is 0 Å². The Morgan fingerprint density at radius 3 is 2.17 bits per heavy atom. The van der Waals surface area contributed by atoms with E-state index in [0.29, 0.717) is 10.9 Å². The molecular formula is C19H20N4O6S. The summed E-state index contributed by atoms with van der Waals surface area (Å²) in [7, 11) is -2.05. The number of nitrogens with zero attached hydrogens (tertiary/aromatic N) is 4. The van der Waals surface area contributed by atoms with E-state index >= 15 is 0 Å². The molecule has 2 amide bonds. The van der Waals surface area contributed by atoms with Crippen LogP contribution in [0, 0.1) is 12.8 Å². The van der Waals surface area contributed by atoms with Gasteiger partial charge in [0.2, 0.25) is 0 Å². The molecule has 11 heteroatoms. The second-order valence-corrected chi connectivity index (χ2v) is 9.16. The molecule has 3 heterocycles. The Kier molecular flexibility index (Phi) is 4.94. The molecule has 0 saturated carbocycles. The second-order valence-electron chi connectivity index (χ2n) is 7.28. The lowest BCUT2D eigenvalue weighted by Gasteiger charge is -2.29. The lowest BCUT2D eigenvalue weighted by molar-refractivity contribution is -0.175. The number of imidazole rings is 1. The minimum absolute atomic E-state index is 0.0328. The third-order valence-corrected chi connectivity index (χ3v) is 7.19. The van der Waals surface area contributed by atoms with Crippen LogP contribution in [0.1, 0.15) is 39.4 Å². The fraction of sp³-hybridized carbons (Fsp3) is 0.368. The summed E-state index contributed by atoms with van der Waals surface area (Å²) in [4.78, 5) is 46.3. The van der Waals surface area contributed by atoms with Gasteiger partial charge in [0, 0.05) is 26.3 Å². The Bertz CT molecular complexity index is 1090. The van der Waals surface area contributed by atoms with Crippen molar-refractivity contribution >= 4 is 27.8 Å². The maximum Gasteiger partial charge on any atom is 0.336 e. The molecule has 2 aliphatic heterocycles. The lowest BCUT2D eigenvalue weighted by atomic mass is 9.99. The Hall–Kier alpha value is -3.05. The zero-order valence-electron chi connectivity index (χ0n) is 16.4. The van der Waals surface area contributed by atoms with Gasteiger partial charge in [0.25, 0.3) is 21.8 Å². The van der Waals surface area contributed by atoms with Crippen molar-refractivity contribution in [3.8, 4) is 0 Å². The molecule has 0 N–H and O–H groups in total. The van der Waals surface area contributed by atoms with Crippen molar-refractivity contribution in [2.75, 3.05) is 13.1 Å². The molecule has 30 heavy (non-hydrogen) atoms. The first-order valence-corrected chi connectivity index (χ1v) is 10.8. The number of hydrogen-bond acceptors (Lipinski definition) is 7. The first kappa shape index (κ1) is 20.2. The van der Waals surface area contributed by atoms with Gasteiger partial charge in [0.1, 0.15) is 5.82 Å². The van der Waals surface area contributed by atoms with Crippen LogP contribution in [0.4, 0.5) is 0 Å². The highest BCUT2D eigenvalue weighted by atomic mass is 32.2. The van der Waals surface area contributed by atoms with Crippen LogP contribution < -0.4 is 0 Å². The maximum absolute atomic E-state index is 12.8. The van der Waals surface area contributed by atoms with Crippen LogP contribution in [0.2, 0.25) is 0 Å². The molecule has 0 radical (unpaired) electrons. The number of fused-ring (bicyclic) bond motifs is 1. The van der Waals surface area contributed by atoms with Crippen molar-refractivity contribution in [3.05, 3.63) is 47.4 Å². The Morgan fingerprint density at radius 1 is 1.10 bits per heavy atom. The minimum atomic E-state index is -3.76. The van der Waals surface area contributed by atoms with Crippen LogP contribution in [0.3, 0.4) is 0 Å². The largest absolute Gasteiger partial charge is 0.337 e. The molecule has 1 aromatic carbocycles. The molecule has 0 bridgehead atoms. The molecule has 1 fully saturated rings. The second kappa shape index (κ2) is 7.33. The zero-order chi connectivity index (χ0) is 21.6. The Balaban J connectivity index is 1.39. The number of aryl methyl sites for hydroxylation is 2. The van der Waals surface area contributed by atoms with Crippen LogP contribution in [0.25, 0.3) is 0 Å². The fourth-order valence-corrected chi connectivity index (χ4v) is 5.02. The van der Waals surface area contributed by atoms with Gasteiger partial charge in [-0.25, -0.2) is 18.2 Å². The van der Waals surface area contributed by atoms with Gasteiger partial charge >= 0.3 is 5.97 Å². The molecule has 158 valence electrons. The molecule has 0 spiro atoms. The average Bonchev–Trinajstić information content (AvgIpc) is 3.20. The fourth-order valence-electron chi connectivity index (χ4n) is 3.53. The van der Waals surface area contributed by atoms with Crippen LogP contribution >= 0.6 is 0 Å². The van der Waals surface area contributed by atoms with Crippen molar-refractivity contribution in [3.63, 3.8) is 0 Å². The number of imide groups is 1. The first-order chi connectivity index (χ1) is 14.2. The van der Waals surface area contributed by atoms with Crippen LogP contribution in [-0.2, 0) is 26.7 Å². The van der Waals surface area contributed by atoms with E-state index in [1.807, 2.05) is 0 Å². The highest BCUT2D eigenvalue weighted by Crippen LogP contribution is 2.27. The van der Waals surface area contributed by atoms with Crippen LogP contribution in [-0.4, -0.2) is 58.2 Å². The Morgan fingerprint density at radius 2 is 1.67 bits per heavy atom. The predicted molar refractivity (Wildman–Crippen MR) is 102 cm³/mol. The predicted octanol–water partition coefficient (Wildman–Crippen LogP) is 0.884. The zero-order valence-corrected chi connectivity index (χ0v) is 17.3. The number of carbonyl (C=O) groups is 3. The lowest BCUT2D eigenvalue weighted by Crippen LogP contribution is -2.42. The summed E-state index contributed by atoms with van der Waals surface area (Å²) in [5.74, 6) is -2.14. The van der Waals surface area contributed by atoms with Crippen molar-refractivity contribution in [1.82, 2.24) is 18.9 Å². The molecule has 2 aliphatic rings. The summed E-state index contributed by atoms with van der Waals surface area (Å²) in [6.45, 7) is 1.93. The number of amides is 2. The third-order valence-electron chi connectivity index (χ3n) is 5.42. The summed E-state index contributed by atoms with van der Waals surface area (Å²) in [5, 5.41) is 0.446. The summed E-state index contributed by atoms with van der Waals surface area (Å²) in [5.41, 5.74) is 0.365. The van der Waals surface area contributed by atoms with Gasteiger partial charge in [-0.1, -0.05) is 17.2 Å². The number of piperidine rings is 1. The van der Waals surface area contributed by atoms with Crippen molar-refractivity contribution < 1.29 is 27.6 Å². The van der Waals surface area contributed by atoms with E-state index in [1.165, 1.54) is 22.6 Å². The van der Waals surface area contributed by atoms with Gasteiger partial charge in [-0.05, 0) is 31.9 Å². The Labute approximate surface area is 173 Å². The number of hydroxylamine groups is 2. The van der Waals surface area contributed by atoms with E-state index in [1.54, 1.807) is 30.7 Å². The monoisotopic (exact) mass is 432 g/mol. The first-order valence-electron chi connectivity index (χ1n) is 9.40. The molecule has 0 atom stereocenters. The molecule has 0 unspecified atom stereocenters. The average molecular weight is 432 g/mol. The molecule has 2 aromatic rings. The molecular weight excluding hydrogens is 412 g/mol. The standard InChI is InChI=1S/C19H20N4O6S/c1-12-20-16(11-21(12)2)30(27,28)22-9-7-13(8-10-22)19(26)29-23-17(24)14-5-3-4-6-15(14)18(23)25/h3-6,11,13H,7-10H2,1-2H3. The van der Waals surface area contributed by atoms with Gasteiger partial charge in [0.15, 0.2) is 5.03 Å². The number of carbonyl (C=O) groups excluding carboxylic acids is 3. The number of hydrogen-bond donors (Lipinski definition) is 0. The summed E-state index contributed by atoms with van der Waals surface area (Å²) >= 11 is 0. The molecule has 1 saturated heterocycles. The van der Waals surface area contributed by atoms with Crippen molar-refractivity contribution in [2.24, 2.45) is 13.0 Å². The van der Waals surface area contributed by atoms with Crippen molar-refractivity contribution in [1.29, 1.82) is 0 Å². The minimum Gasteiger partial charge on any atom is -0.337 e. The number of aromatic nitrogens is 2. The highest BCUT2D eigenvalue weighted by Gasteiger charge is 2.41. The maximum atomic E-state index is 12.8. The van der Waals surface area contributed by atoms with E-state index < -0.39 is 33.7 Å². The highest BCUT2D eigenvalue weighted by molar-refractivity contribution is 7.89. The quantitative estimate of drug-likeness (QED) is 0.658. The van der Waals surface area contributed by atoms with E-state index in [0.717, 1.165) is 0 Å². The molecule has 0 aliphatic carbocycles. The summed E-state index contributed by atoms with van der Waals surface area (Å²) in [6, 6.07) is 6.22. The molecule has 4 rings (SSSR count). The SMILES string of the molecule is Cc1nc(S(=O)(=O)N2CCC(C(=O)ON3C(=O)c4ccccc4C3=O)CC2)cn1C. The van der Waals surface area contributed by atoms with Gasteiger partial charge in [-0.2, -0.15) is 4.31 Å². The third kappa shape index (κ3) is 3.29. The normalized spacial score (nSPS) is 18.0. The van der Waals surface area contributed by atoms with Crippen LogP contribution in [0.5, 0.6) is 0 Å². The topological polar surface area (TPSA) is 119 Å². The van der Waals surface area contributed by atoms with E-state index in [-0.39, 0.29) is 42.1 Å². The smallest absolute Gasteiger partial charge is 0.336 e. The van der Waals surface area contributed by atoms with Gasteiger partial charge < -0.3 is 9.40 Å².